The van der Waals surface area contributed by atoms with Crippen molar-refractivity contribution in [3.8, 4) is 16.9 Å². The summed E-state index contributed by atoms with van der Waals surface area (Å²) in [5.74, 6) is -0.983. The third kappa shape index (κ3) is 5.53. The highest BCUT2D eigenvalue weighted by atomic mass is 16.5. The number of ether oxygens (including phenoxy) is 1. The largest absolute Gasteiger partial charge is 0.490 e. The molecule has 0 bridgehead atoms. The Kier molecular flexibility index (Phi) is 7.17. The number of aromatic nitrogens is 1. The van der Waals surface area contributed by atoms with Crippen LogP contribution in [0.4, 0.5) is 0 Å². The summed E-state index contributed by atoms with van der Waals surface area (Å²) in [4.78, 5) is 28.0. The average molecular weight is 473 g/mol. The highest BCUT2D eigenvalue weighted by molar-refractivity contribution is 5.99. The van der Waals surface area contributed by atoms with E-state index in [0.29, 0.717) is 28.9 Å². The third-order valence-electron chi connectivity index (χ3n) is 5.73. The molecule has 35 heavy (non-hydrogen) atoms. The summed E-state index contributed by atoms with van der Waals surface area (Å²) in [6.45, 7) is 3.52. The minimum Gasteiger partial charge on any atom is -0.490 e. The van der Waals surface area contributed by atoms with Crippen molar-refractivity contribution in [3.63, 3.8) is 0 Å². The summed E-state index contributed by atoms with van der Waals surface area (Å²) in [6, 6.07) is 19.1. The summed E-state index contributed by atoms with van der Waals surface area (Å²) in [5.41, 5.74) is 3.83. The first-order valence-electron chi connectivity index (χ1n) is 11.5. The molecule has 7 heteroatoms. The fourth-order valence-electron chi connectivity index (χ4n) is 4.07. The fraction of sp³-hybridized carbons (Fsp3) is 0.214. The van der Waals surface area contributed by atoms with Crippen LogP contribution in [0.15, 0.2) is 72.9 Å². The summed E-state index contributed by atoms with van der Waals surface area (Å²) in [7, 11) is 0. The van der Waals surface area contributed by atoms with Crippen molar-refractivity contribution in [3.05, 3.63) is 89.6 Å². The summed E-state index contributed by atoms with van der Waals surface area (Å²) >= 11 is 0. The van der Waals surface area contributed by atoms with Gasteiger partial charge in [-0.1, -0.05) is 36.4 Å². The van der Waals surface area contributed by atoms with E-state index in [9.17, 15) is 19.8 Å². The van der Waals surface area contributed by atoms with Gasteiger partial charge in [-0.05, 0) is 67.3 Å². The molecule has 0 unspecified atom stereocenters. The molecule has 4 rings (SSSR count). The van der Waals surface area contributed by atoms with Gasteiger partial charge in [0.1, 0.15) is 5.75 Å². The molecule has 0 aliphatic rings. The van der Waals surface area contributed by atoms with Crippen LogP contribution in [0.3, 0.4) is 0 Å². The topological polar surface area (TPSA) is 112 Å². The van der Waals surface area contributed by atoms with Crippen molar-refractivity contribution in [1.29, 1.82) is 0 Å². The Morgan fingerprint density at radius 2 is 1.77 bits per heavy atom. The zero-order valence-electron chi connectivity index (χ0n) is 19.6. The number of para-hydroxylation sites is 1. The number of aliphatic hydroxyl groups excluding tert-OH is 1. The number of carbonyl (C=O) groups is 2. The lowest BCUT2D eigenvalue weighted by atomic mass is 9.99. The molecule has 4 N–H and O–H groups in total. The van der Waals surface area contributed by atoms with Crippen LogP contribution < -0.4 is 10.1 Å². The smallest absolute Gasteiger partial charge is 0.335 e. The van der Waals surface area contributed by atoms with E-state index in [1.165, 1.54) is 6.07 Å². The first kappa shape index (κ1) is 24.0. The molecule has 1 amide bonds. The SMILES string of the molecule is CC(C)Oc1ccc(-c2cccc(C(=O)O)c2)cc1C(=O)N[C@@H](CO)Cc1c[nH]c2ccccc12. The Morgan fingerprint density at radius 3 is 2.51 bits per heavy atom. The molecule has 7 nitrogen and oxygen atoms in total. The van der Waals surface area contributed by atoms with E-state index in [2.05, 4.69) is 10.3 Å². The predicted molar refractivity (Wildman–Crippen MR) is 135 cm³/mol. The molecule has 0 fully saturated rings. The number of carbonyl (C=O) groups excluding carboxylic acids is 1. The lowest BCUT2D eigenvalue weighted by Gasteiger charge is -2.19. The lowest BCUT2D eigenvalue weighted by molar-refractivity contribution is 0.0696. The number of carboxylic acids is 1. The second-order valence-corrected chi connectivity index (χ2v) is 8.68. The molecule has 180 valence electrons. The second kappa shape index (κ2) is 10.4. The molecular weight excluding hydrogens is 444 g/mol. The van der Waals surface area contributed by atoms with Crippen molar-refractivity contribution < 1.29 is 24.5 Å². The van der Waals surface area contributed by atoms with Gasteiger partial charge in [-0.25, -0.2) is 4.79 Å². The van der Waals surface area contributed by atoms with E-state index in [-0.39, 0.29) is 24.2 Å². The highest BCUT2D eigenvalue weighted by Gasteiger charge is 2.20. The van der Waals surface area contributed by atoms with Gasteiger partial charge in [-0.3, -0.25) is 4.79 Å². The van der Waals surface area contributed by atoms with E-state index in [4.69, 9.17) is 4.74 Å². The van der Waals surface area contributed by atoms with Gasteiger partial charge in [0.2, 0.25) is 0 Å². The number of nitrogens with one attached hydrogen (secondary N) is 2. The third-order valence-corrected chi connectivity index (χ3v) is 5.73. The van der Waals surface area contributed by atoms with Gasteiger partial charge in [0, 0.05) is 17.1 Å². The van der Waals surface area contributed by atoms with E-state index < -0.39 is 12.0 Å². The second-order valence-electron chi connectivity index (χ2n) is 8.68. The van der Waals surface area contributed by atoms with Gasteiger partial charge >= 0.3 is 5.97 Å². The number of carboxylic acid groups (broad SMARTS) is 1. The first-order valence-corrected chi connectivity index (χ1v) is 11.5. The predicted octanol–water partition coefficient (Wildman–Crippen LogP) is 4.65. The fourth-order valence-corrected chi connectivity index (χ4v) is 4.07. The van der Waals surface area contributed by atoms with E-state index >= 15 is 0 Å². The zero-order valence-corrected chi connectivity index (χ0v) is 19.6. The van der Waals surface area contributed by atoms with Crippen molar-refractivity contribution in [1.82, 2.24) is 10.3 Å². The Morgan fingerprint density at radius 1 is 1.00 bits per heavy atom. The Hall–Kier alpha value is -4.10. The van der Waals surface area contributed by atoms with Crippen LogP contribution in [-0.2, 0) is 6.42 Å². The Labute approximate surface area is 203 Å². The molecule has 0 radical (unpaired) electrons. The van der Waals surface area contributed by atoms with Crippen LogP contribution in [0.2, 0.25) is 0 Å². The van der Waals surface area contributed by atoms with Gasteiger partial charge in [0.05, 0.1) is 29.9 Å². The molecule has 0 saturated carbocycles. The normalized spacial score (nSPS) is 12.0. The zero-order chi connectivity index (χ0) is 24.9. The summed E-state index contributed by atoms with van der Waals surface area (Å²) in [5, 5.41) is 23.3. The van der Waals surface area contributed by atoms with Gasteiger partial charge in [-0.2, -0.15) is 0 Å². The highest BCUT2D eigenvalue weighted by Crippen LogP contribution is 2.29. The number of hydrogen-bond acceptors (Lipinski definition) is 4. The van der Waals surface area contributed by atoms with E-state index in [1.54, 1.807) is 36.4 Å². The number of aromatic amines is 1. The quantitative estimate of drug-likeness (QED) is 0.283. The maximum Gasteiger partial charge on any atom is 0.335 e. The molecule has 3 aromatic carbocycles. The van der Waals surface area contributed by atoms with Crippen LogP contribution in [0.1, 0.15) is 40.1 Å². The van der Waals surface area contributed by atoms with E-state index in [1.807, 2.05) is 44.3 Å². The van der Waals surface area contributed by atoms with Crippen molar-refractivity contribution >= 4 is 22.8 Å². The average Bonchev–Trinajstić information content (AvgIpc) is 3.26. The molecule has 1 aromatic heterocycles. The molecular formula is C28H28N2O5. The summed E-state index contributed by atoms with van der Waals surface area (Å²) in [6.07, 6.45) is 2.19. The molecule has 1 atom stereocenters. The number of benzene rings is 3. The van der Waals surface area contributed by atoms with Crippen molar-refractivity contribution in [2.45, 2.75) is 32.4 Å². The number of fused-ring (bicyclic) bond motifs is 1. The number of H-pyrrole nitrogens is 1. The minimum atomic E-state index is -1.02. The Balaban J connectivity index is 1.62. The number of hydrogen-bond donors (Lipinski definition) is 4. The van der Waals surface area contributed by atoms with Crippen molar-refractivity contribution in [2.75, 3.05) is 6.61 Å². The van der Waals surface area contributed by atoms with Crippen LogP contribution in [0.25, 0.3) is 22.0 Å². The van der Waals surface area contributed by atoms with Gasteiger partial charge < -0.3 is 25.3 Å². The monoisotopic (exact) mass is 472 g/mol. The van der Waals surface area contributed by atoms with Crippen molar-refractivity contribution in [2.24, 2.45) is 0 Å². The number of rotatable bonds is 9. The van der Waals surface area contributed by atoms with Crippen LogP contribution in [-0.4, -0.2) is 45.8 Å². The van der Waals surface area contributed by atoms with Crippen LogP contribution >= 0.6 is 0 Å². The molecule has 1 heterocycles. The van der Waals surface area contributed by atoms with Gasteiger partial charge in [0.15, 0.2) is 0 Å². The molecule has 0 aliphatic carbocycles. The number of aliphatic hydroxyl groups is 1. The Bertz CT molecular complexity index is 1360. The van der Waals surface area contributed by atoms with Crippen LogP contribution in [0.5, 0.6) is 5.75 Å². The molecule has 0 spiro atoms. The maximum absolute atomic E-state index is 13.4. The van der Waals surface area contributed by atoms with Gasteiger partial charge in [-0.15, -0.1) is 0 Å². The molecule has 4 aromatic rings. The number of aromatic carboxylic acids is 1. The maximum atomic E-state index is 13.4. The lowest BCUT2D eigenvalue weighted by Crippen LogP contribution is -2.39. The van der Waals surface area contributed by atoms with E-state index in [0.717, 1.165) is 16.5 Å². The first-order chi connectivity index (χ1) is 16.9. The number of amides is 1. The van der Waals surface area contributed by atoms with Crippen LogP contribution in [0, 0.1) is 0 Å². The summed E-state index contributed by atoms with van der Waals surface area (Å²) < 4.78 is 5.88. The molecule has 0 aliphatic heterocycles. The standard InChI is InChI=1S/C28H28N2O5/c1-17(2)35-26-11-10-19(18-6-5-7-20(12-18)28(33)34)14-24(26)27(32)30-22(16-31)13-21-15-29-25-9-4-3-8-23(21)25/h3-12,14-15,17,22,29,31H,13,16H2,1-2H3,(H,30,32)(H,33,34)/t22-/m1/s1. The minimum absolute atomic E-state index is 0.150. The van der Waals surface area contributed by atoms with Gasteiger partial charge in [0.25, 0.3) is 5.91 Å². The molecule has 0 saturated heterocycles.